The maximum atomic E-state index is 13.1. The minimum absolute atomic E-state index is 0.0669. The molecule has 0 saturated carbocycles. The van der Waals surface area contributed by atoms with Crippen molar-refractivity contribution in [2.45, 2.75) is 32.5 Å². The van der Waals surface area contributed by atoms with Gasteiger partial charge in [0, 0.05) is 0 Å². The fraction of sp³-hybridized carbons (Fsp3) is 0.455. The van der Waals surface area contributed by atoms with Crippen molar-refractivity contribution in [2.24, 2.45) is 0 Å². The molecule has 0 bridgehead atoms. The van der Waals surface area contributed by atoms with Gasteiger partial charge in [0.1, 0.15) is 13.7 Å². The number of benzene rings is 1. The van der Waals surface area contributed by atoms with Crippen LogP contribution in [0.1, 0.15) is 30.9 Å². The van der Waals surface area contributed by atoms with Crippen LogP contribution in [-0.2, 0) is 12.7 Å². The fourth-order valence-electron chi connectivity index (χ4n) is 1.44. The Labute approximate surface area is 80.6 Å². The molecule has 70 valence electrons. The van der Waals surface area contributed by atoms with Crippen molar-refractivity contribution in [1.29, 1.82) is 0 Å². The minimum atomic E-state index is -0.0669. The van der Waals surface area contributed by atoms with Crippen LogP contribution in [0.5, 0.6) is 0 Å². The summed E-state index contributed by atoms with van der Waals surface area (Å²) in [6, 6.07) is 5.47. The van der Waals surface area contributed by atoms with Gasteiger partial charge in [0.15, 0.2) is 0 Å². The van der Waals surface area contributed by atoms with Crippen LogP contribution in [0.4, 0.5) is 4.39 Å². The van der Waals surface area contributed by atoms with Crippen molar-refractivity contribution >= 4 is 7.85 Å². The highest BCUT2D eigenvalue weighted by Gasteiger charge is 2.00. The Balaban J connectivity index is 2.74. The Morgan fingerprint density at radius 2 is 2.15 bits per heavy atom. The van der Waals surface area contributed by atoms with Crippen LogP contribution in [-0.4, -0.2) is 7.85 Å². The Morgan fingerprint density at radius 1 is 1.38 bits per heavy atom. The summed E-state index contributed by atoms with van der Waals surface area (Å²) in [6.45, 7) is 2.17. The lowest BCUT2D eigenvalue weighted by atomic mass is 9.94. The number of unbranched alkanes of at least 4 members (excludes halogenated alkanes) is 1. The van der Waals surface area contributed by atoms with E-state index in [4.69, 9.17) is 0 Å². The van der Waals surface area contributed by atoms with Crippen LogP contribution in [0, 0.1) is 5.82 Å². The molecule has 0 unspecified atom stereocenters. The molecule has 1 aromatic rings. The van der Waals surface area contributed by atoms with Gasteiger partial charge in [0.05, 0.1) is 0 Å². The van der Waals surface area contributed by atoms with Gasteiger partial charge in [-0.3, -0.25) is 0 Å². The number of aryl methyl sites for hydroxylation is 1. The summed E-state index contributed by atoms with van der Waals surface area (Å²) in [6.07, 6.45) is 4.24. The van der Waals surface area contributed by atoms with Gasteiger partial charge in [-0.2, -0.15) is 0 Å². The normalized spacial score (nSPS) is 10.3. The van der Waals surface area contributed by atoms with Crippen LogP contribution < -0.4 is 0 Å². The number of hydrogen-bond acceptors (Lipinski definition) is 0. The lowest BCUT2D eigenvalue weighted by Gasteiger charge is -2.04. The molecule has 0 aliphatic carbocycles. The average molecular weight is 178 g/mol. The second kappa shape index (κ2) is 5.06. The van der Waals surface area contributed by atoms with Gasteiger partial charge in [0.25, 0.3) is 0 Å². The third-order valence-corrected chi connectivity index (χ3v) is 2.31. The molecule has 2 heteroatoms. The monoisotopic (exact) mass is 178 g/mol. The lowest BCUT2D eigenvalue weighted by molar-refractivity contribution is 0.615. The molecule has 0 heterocycles. The molecule has 13 heavy (non-hydrogen) atoms. The van der Waals surface area contributed by atoms with E-state index in [1.807, 2.05) is 20.0 Å². The predicted octanol–water partition coefficient (Wildman–Crippen LogP) is 2.30. The van der Waals surface area contributed by atoms with E-state index in [1.165, 1.54) is 18.4 Å². The standard InChI is InChI=1S/C11H16BF/c1-2-3-4-9-5-6-11(13)10(7-9)8-12/h5-7H,2-4,8,12H2,1H3. The SMILES string of the molecule is BCc1cc(CCCC)ccc1F. The molecular formula is C11H16BF. The summed E-state index contributed by atoms with van der Waals surface area (Å²) < 4.78 is 13.1. The van der Waals surface area contributed by atoms with E-state index in [0.717, 1.165) is 18.3 Å². The van der Waals surface area contributed by atoms with Crippen molar-refractivity contribution < 1.29 is 4.39 Å². The van der Waals surface area contributed by atoms with E-state index in [0.29, 0.717) is 0 Å². The molecular weight excluding hydrogens is 162 g/mol. The Hall–Kier alpha value is -0.785. The fourth-order valence-corrected chi connectivity index (χ4v) is 1.44. The lowest BCUT2D eigenvalue weighted by Crippen LogP contribution is -1.93. The Morgan fingerprint density at radius 3 is 2.77 bits per heavy atom. The molecule has 0 nitrogen and oxygen atoms in total. The zero-order chi connectivity index (χ0) is 9.68. The summed E-state index contributed by atoms with van der Waals surface area (Å²) in [5.41, 5.74) is 2.11. The highest BCUT2D eigenvalue weighted by atomic mass is 19.1. The van der Waals surface area contributed by atoms with Crippen molar-refractivity contribution in [3.63, 3.8) is 0 Å². The summed E-state index contributed by atoms with van der Waals surface area (Å²) in [4.78, 5) is 0. The topological polar surface area (TPSA) is 0 Å². The molecule has 0 amide bonds. The first-order valence-corrected chi connectivity index (χ1v) is 5.05. The van der Waals surface area contributed by atoms with Crippen molar-refractivity contribution in [3.8, 4) is 0 Å². The van der Waals surface area contributed by atoms with Crippen LogP contribution in [0.2, 0.25) is 0 Å². The third-order valence-electron chi connectivity index (χ3n) is 2.31. The van der Waals surface area contributed by atoms with E-state index < -0.39 is 0 Å². The largest absolute Gasteiger partial charge is 0.207 e. The molecule has 1 aromatic carbocycles. The van der Waals surface area contributed by atoms with Gasteiger partial charge < -0.3 is 0 Å². The van der Waals surface area contributed by atoms with E-state index in [-0.39, 0.29) is 5.82 Å². The molecule has 0 aliphatic heterocycles. The number of hydrogen-bond donors (Lipinski definition) is 0. The van der Waals surface area contributed by atoms with Crippen LogP contribution in [0.25, 0.3) is 0 Å². The summed E-state index contributed by atoms with van der Waals surface area (Å²) in [5.74, 6) is -0.0669. The van der Waals surface area contributed by atoms with Gasteiger partial charge >= 0.3 is 0 Å². The smallest absolute Gasteiger partial charge is 0.125 e. The second-order valence-electron chi connectivity index (χ2n) is 3.38. The van der Waals surface area contributed by atoms with Gasteiger partial charge in [-0.25, -0.2) is 4.39 Å². The van der Waals surface area contributed by atoms with E-state index in [2.05, 4.69) is 6.92 Å². The maximum Gasteiger partial charge on any atom is 0.125 e. The van der Waals surface area contributed by atoms with Crippen molar-refractivity contribution in [1.82, 2.24) is 0 Å². The molecule has 0 atom stereocenters. The van der Waals surface area contributed by atoms with Gasteiger partial charge in [-0.05, 0) is 30.0 Å². The van der Waals surface area contributed by atoms with E-state index in [1.54, 1.807) is 6.07 Å². The highest BCUT2D eigenvalue weighted by Crippen LogP contribution is 2.12. The molecule has 0 saturated heterocycles. The second-order valence-corrected chi connectivity index (χ2v) is 3.38. The first-order valence-electron chi connectivity index (χ1n) is 5.05. The molecule has 1 rings (SSSR count). The Kier molecular flexibility index (Phi) is 4.00. The quantitative estimate of drug-likeness (QED) is 0.620. The van der Waals surface area contributed by atoms with E-state index in [9.17, 15) is 4.39 Å². The first-order chi connectivity index (χ1) is 6.27. The average Bonchev–Trinajstić information content (AvgIpc) is 2.16. The Bertz CT molecular complexity index is 271. The van der Waals surface area contributed by atoms with Crippen LogP contribution in [0.3, 0.4) is 0 Å². The maximum absolute atomic E-state index is 13.1. The molecule has 0 aromatic heterocycles. The molecule has 0 aliphatic rings. The van der Waals surface area contributed by atoms with Crippen LogP contribution >= 0.6 is 0 Å². The molecule has 0 N–H and O–H groups in total. The number of halogens is 1. The summed E-state index contributed by atoms with van der Waals surface area (Å²) in [5, 5.41) is 0. The van der Waals surface area contributed by atoms with Crippen LogP contribution in [0.15, 0.2) is 18.2 Å². The third kappa shape index (κ3) is 2.87. The van der Waals surface area contributed by atoms with Gasteiger partial charge in [-0.1, -0.05) is 31.8 Å². The molecule has 0 spiro atoms. The van der Waals surface area contributed by atoms with E-state index >= 15 is 0 Å². The predicted molar refractivity (Wildman–Crippen MR) is 57.3 cm³/mol. The number of rotatable bonds is 4. The summed E-state index contributed by atoms with van der Waals surface area (Å²) in [7, 11) is 1.99. The zero-order valence-corrected chi connectivity index (χ0v) is 8.44. The van der Waals surface area contributed by atoms with Gasteiger partial charge in [0.2, 0.25) is 0 Å². The summed E-state index contributed by atoms with van der Waals surface area (Å²) >= 11 is 0. The minimum Gasteiger partial charge on any atom is -0.207 e. The first kappa shape index (κ1) is 10.3. The molecule has 0 radical (unpaired) electrons. The van der Waals surface area contributed by atoms with Crippen molar-refractivity contribution in [3.05, 3.63) is 35.1 Å². The molecule has 0 fully saturated rings. The highest BCUT2D eigenvalue weighted by molar-refractivity contribution is 6.08. The van der Waals surface area contributed by atoms with Crippen molar-refractivity contribution in [2.75, 3.05) is 0 Å². The zero-order valence-electron chi connectivity index (χ0n) is 8.44. The van der Waals surface area contributed by atoms with Gasteiger partial charge in [-0.15, -0.1) is 0 Å².